The molecule has 0 bridgehead atoms. The predicted octanol–water partition coefficient (Wildman–Crippen LogP) is 3.13. The molecule has 0 radical (unpaired) electrons. The molecule has 10 nitrogen and oxygen atoms in total. The SMILES string of the molecule is CC(=NNC(=O)c1nnn(-c2nonc2N)c1CSc1ccc(C)cc1)c1ccc(F)cc1. The van der Waals surface area contributed by atoms with Gasteiger partial charge < -0.3 is 5.73 Å². The van der Waals surface area contributed by atoms with Gasteiger partial charge in [0.25, 0.3) is 5.91 Å². The van der Waals surface area contributed by atoms with E-state index in [9.17, 15) is 9.18 Å². The molecule has 0 fully saturated rings. The first-order chi connectivity index (χ1) is 15.9. The van der Waals surface area contributed by atoms with Crippen LogP contribution in [0.5, 0.6) is 0 Å². The lowest BCUT2D eigenvalue weighted by Gasteiger charge is -2.06. The highest BCUT2D eigenvalue weighted by Crippen LogP contribution is 2.26. The Labute approximate surface area is 192 Å². The number of halogens is 1. The molecule has 0 saturated carbocycles. The summed E-state index contributed by atoms with van der Waals surface area (Å²) in [7, 11) is 0. The number of anilines is 1. The molecule has 0 atom stereocenters. The molecule has 33 heavy (non-hydrogen) atoms. The average molecular weight is 467 g/mol. The average Bonchev–Trinajstić information content (AvgIpc) is 3.43. The Kier molecular flexibility index (Phi) is 6.45. The largest absolute Gasteiger partial charge is 0.378 e. The first-order valence-corrected chi connectivity index (χ1v) is 10.7. The monoisotopic (exact) mass is 466 g/mol. The molecule has 12 heteroatoms. The Bertz CT molecular complexity index is 1300. The summed E-state index contributed by atoms with van der Waals surface area (Å²) in [6.45, 7) is 3.70. The second kappa shape index (κ2) is 9.61. The van der Waals surface area contributed by atoms with Crippen LogP contribution in [0.25, 0.3) is 5.82 Å². The lowest BCUT2D eigenvalue weighted by molar-refractivity contribution is 0.0949. The zero-order chi connectivity index (χ0) is 23.4. The maximum absolute atomic E-state index is 13.1. The van der Waals surface area contributed by atoms with Gasteiger partial charge in [-0.1, -0.05) is 35.0 Å². The molecule has 2 aromatic heterocycles. The van der Waals surface area contributed by atoms with E-state index in [-0.39, 0.29) is 23.1 Å². The van der Waals surface area contributed by atoms with Crippen molar-refractivity contribution in [3.8, 4) is 5.82 Å². The van der Waals surface area contributed by atoms with Gasteiger partial charge in [-0.15, -0.1) is 16.9 Å². The van der Waals surface area contributed by atoms with E-state index >= 15 is 0 Å². The van der Waals surface area contributed by atoms with Crippen LogP contribution >= 0.6 is 11.8 Å². The third kappa shape index (κ3) is 5.06. The Balaban J connectivity index is 1.59. The van der Waals surface area contributed by atoms with E-state index in [0.717, 1.165) is 10.5 Å². The zero-order valence-corrected chi connectivity index (χ0v) is 18.5. The highest BCUT2D eigenvalue weighted by Gasteiger charge is 2.24. The second-order valence-corrected chi connectivity index (χ2v) is 8.07. The Hall–Kier alpha value is -4.06. The van der Waals surface area contributed by atoms with Crippen molar-refractivity contribution in [1.82, 2.24) is 30.7 Å². The fourth-order valence-electron chi connectivity index (χ4n) is 2.84. The smallest absolute Gasteiger partial charge is 0.293 e. The molecule has 0 aliphatic carbocycles. The van der Waals surface area contributed by atoms with Gasteiger partial charge in [-0.05, 0) is 54.0 Å². The van der Waals surface area contributed by atoms with Crippen LogP contribution < -0.4 is 11.2 Å². The molecule has 0 aliphatic rings. The van der Waals surface area contributed by atoms with Gasteiger partial charge in [0.1, 0.15) is 5.82 Å². The molecule has 0 saturated heterocycles. The number of aryl methyl sites for hydroxylation is 1. The first-order valence-electron chi connectivity index (χ1n) is 9.75. The number of nitrogens with one attached hydrogen (secondary N) is 1. The Morgan fingerprint density at radius 1 is 1.18 bits per heavy atom. The van der Waals surface area contributed by atoms with E-state index in [4.69, 9.17) is 5.73 Å². The number of carbonyl (C=O) groups excluding carboxylic acids is 1. The van der Waals surface area contributed by atoms with E-state index in [0.29, 0.717) is 22.7 Å². The number of amides is 1. The van der Waals surface area contributed by atoms with Gasteiger partial charge in [-0.25, -0.2) is 14.4 Å². The van der Waals surface area contributed by atoms with Crippen molar-refractivity contribution in [3.63, 3.8) is 0 Å². The standard InChI is InChI=1S/C21H19FN8O2S/c1-12-3-9-16(10-4-12)33-11-17-18(25-29-30(17)20-19(23)27-32-28-20)21(31)26-24-13(2)14-5-7-15(22)8-6-14/h3-10H,11H2,1-2H3,(H2,23,27)(H,26,31). The van der Waals surface area contributed by atoms with Crippen LogP contribution in [0.3, 0.4) is 0 Å². The molecule has 0 unspecified atom stereocenters. The third-order valence-electron chi connectivity index (χ3n) is 4.66. The number of hydrogen-bond acceptors (Lipinski definition) is 9. The minimum atomic E-state index is -0.572. The van der Waals surface area contributed by atoms with E-state index in [1.165, 1.54) is 28.6 Å². The number of hydrogen-bond donors (Lipinski definition) is 2. The summed E-state index contributed by atoms with van der Waals surface area (Å²) in [6.07, 6.45) is 0. The van der Waals surface area contributed by atoms with Gasteiger partial charge in [-0.2, -0.15) is 9.78 Å². The summed E-state index contributed by atoms with van der Waals surface area (Å²) < 4.78 is 19.1. The summed E-state index contributed by atoms with van der Waals surface area (Å²) in [4.78, 5) is 13.9. The van der Waals surface area contributed by atoms with E-state index < -0.39 is 5.91 Å². The van der Waals surface area contributed by atoms with Crippen LogP contribution in [0, 0.1) is 12.7 Å². The van der Waals surface area contributed by atoms with Crippen molar-refractivity contribution in [2.24, 2.45) is 5.10 Å². The molecule has 1 amide bonds. The molecule has 0 aliphatic heterocycles. The third-order valence-corrected chi connectivity index (χ3v) is 5.68. The predicted molar refractivity (Wildman–Crippen MR) is 120 cm³/mol. The maximum atomic E-state index is 13.1. The minimum absolute atomic E-state index is 0.0126. The van der Waals surface area contributed by atoms with Gasteiger partial charge in [0.15, 0.2) is 5.69 Å². The normalized spacial score (nSPS) is 11.5. The highest BCUT2D eigenvalue weighted by atomic mass is 32.2. The van der Waals surface area contributed by atoms with Gasteiger partial charge in [0.2, 0.25) is 11.6 Å². The van der Waals surface area contributed by atoms with Crippen molar-refractivity contribution >= 4 is 29.2 Å². The van der Waals surface area contributed by atoms with Crippen molar-refractivity contribution in [3.05, 3.63) is 76.9 Å². The van der Waals surface area contributed by atoms with Crippen molar-refractivity contribution < 1.29 is 13.8 Å². The van der Waals surface area contributed by atoms with E-state index in [2.05, 4.69) is 35.8 Å². The number of carbonyl (C=O) groups is 1. The molecule has 3 N–H and O–H groups in total. The second-order valence-electron chi connectivity index (χ2n) is 7.02. The maximum Gasteiger partial charge on any atom is 0.293 e. The summed E-state index contributed by atoms with van der Waals surface area (Å²) in [5.74, 6) is -0.446. The summed E-state index contributed by atoms with van der Waals surface area (Å²) in [6, 6.07) is 13.7. The number of thioether (sulfide) groups is 1. The fraction of sp³-hybridized carbons (Fsp3) is 0.143. The van der Waals surface area contributed by atoms with Crippen LogP contribution in [0.4, 0.5) is 10.2 Å². The molecule has 0 spiro atoms. The number of nitrogens with two attached hydrogens (primary N) is 1. The number of nitrogen functional groups attached to an aromatic ring is 1. The van der Waals surface area contributed by atoms with E-state index in [1.807, 2.05) is 31.2 Å². The highest BCUT2D eigenvalue weighted by molar-refractivity contribution is 7.98. The lowest BCUT2D eigenvalue weighted by Crippen LogP contribution is -2.21. The summed E-state index contributed by atoms with van der Waals surface area (Å²) in [5, 5.41) is 19.4. The molecule has 4 rings (SSSR count). The van der Waals surface area contributed by atoms with Crippen LogP contribution in [0.2, 0.25) is 0 Å². The summed E-state index contributed by atoms with van der Waals surface area (Å²) >= 11 is 1.49. The summed E-state index contributed by atoms with van der Waals surface area (Å²) in [5.41, 5.74) is 11.1. The van der Waals surface area contributed by atoms with Crippen LogP contribution in [-0.4, -0.2) is 36.9 Å². The molecule has 2 aromatic carbocycles. The van der Waals surface area contributed by atoms with Crippen LogP contribution in [0.1, 0.15) is 34.2 Å². The Morgan fingerprint density at radius 3 is 2.58 bits per heavy atom. The van der Waals surface area contributed by atoms with Gasteiger partial charge in [0.05, 0.1) is 11.4 Å². The fourth-order valence-corrected chi connectivity index (χ4v) is 3.74. The number of rotatable bonds is 7. The van der Waals surface area contributed by atoms with Gasteiger partial charge in [-0.3, -0.25) is 4.79 Å². The zero-order valence-electron chi connectivity index (χ0n) is 17.7. The quantitative estimate of drug-likeness (QED) is 0.241. The minimum Gasteiger partial charge on any atom is -0.378 e. The first kappa shape index (κ1) is 22.1. The van der Waals surface area contributed by atoms with Crippen molar-refractivity contribution in [2.45, 2.75) is 24.5 Å². The topological polar surface area (TPSA) is 137 Å². The molecular formula is C21H19FN8O2S. The van der Waals surface area contributed by atoms with Gasteiger partial charge in [0, 0.05) is 10.6 Å². The van der Waals surface area contributed by atoms with E-state index in [1.54, 1.807) is 19.1 Å². The molecule has 2 heterocycles. The lowest BCUT2D eigenvalue weighted by atomic mass is 10.1. The van der Waals surface area contributed by atoms with Gasteiger partial charge >= 0.3 is 0 Å². The number of benzene rings is 2. The Morgan fingerprint density at radius 2 is 1.91 bits per heavy atom. The number of nitrogens with zero attached hydrogens (tertiary/aromatic N) is 6. The molecular weight excluding hydrogens is 447 g/mol. The van der Waals surface area contributed by atoms with Crippen molar-refractivity contribution in [1.29, 1.82) is 0 Å². The number of aromatic nitrogens is 5. The van der Waals surface area contributed by atoms with Crippen LogP contribution in [-0.2, 0) is 5.75 Å². The van der Waals surface area contributed by atoms with Crippen LogP contribution in [0.15, 0.2) is 63.2 Å². The molecule has 168 valence electrons. The van der Waals surface area contributed by atoms with Crippen molar-refractivity contribution in [2.75, 3.05) is 5.73 Å². The number of hydrazone groups is 1. The molecule has 4 aromatic rings.